The third-order valence-corrected chi connectivity index (χ3v) is 2.64. The number of nitrogens with zero attached hydrogens (tertiary/aromatic N) is 1. The van der Waals surface area contributed by atoms with Gasteiger partial charge in [0, 0.05) is 6.42 Å². The largest absolute Gasteiger partial charge is 0.306 e. The van der Waals surface area contributed by atoms with Crippen LogP contribution in [0.5, 0.6) is 0 Å². The lowest BCUT2D eigenvalue weighted by atomic mass is 9.89. The van der Waals surface area contributed by atoms with Crippen molar-refractivity contribution in [1.82, 2.24) is 4.90 Å². The predicted octanol–water partition coefficient (Wildman–Crippen LogP) is 1.47. The number of hydrogen-bond donors (Lipinski definition) is 0. The molecule has 1 rings (SSSR count). The van der Waals surface area contributed by atoms with Gasteiger partial charge in [-0.25, -0.2) is 0 Å². The van der Waals surface area contributed by atoms with E-state index < -0.39 is 0 Å². The fraction of sp³-hybridized carbons (Fsp3) is 0.700. The maximum Gasteiger partial charge on any atom is 0.124 e. The maximum atomic E-state index is 10.3. The Bertz CT molecular complexity index is 169. The van der Waals surface area contributed by atoms with Gasteiger partial charge in [-0.05, 0) is 38.9 Å². The standard InChI is InChI=1S/C10H17NO/c1-9(5-8-12)10-3-6-11(2)7-4-10/h8,10H,1,3-7H2,2H3. The molecule has 0 aromatic carbocycles. The Morgan fingerprint density at radius 2 is 2.17 bits per heavy atom. The summed E-state index contributed by atoms with van der Waals surface area (Å²) in [4.78, 5) is 12.6. The molecule has 1 aliphatic rings. The van der Waals surface area contributed by atoms with Gasteiger partial charge in [-0.15, -0.1) is 0 Å². The molecule has 0 aromatic heterocycles. The van der Waals surface area contributed by atoms with Gasteiger partial charge in [-0.2, -0.15) is 0 Å². The van der Waals surface area contributed by atoms with Gasteiger partial charge in [0.05, 0.1) is 0 Å². The summed E-state index contributed by atoms with van der Waals surface area (Å²) < 4.78 is 0. The molecule has 68 valence electrons. The summed E-state index contributed by atoms with van der Waals surface area (Å²) in [6.07, 6.45) is 3.85. The maximum absolute atomic E-state index is 10.3. The molecule has 1 aliphatic heterocycles. The van der Waals surface area contributed by atoms with E-state index in [4.69, 9.17) is 0 Å². The lowest BCUT2D eigenvalue weighted by Gasteiger charge is -2.29. The quantitative estimate of drug-likeness (QED) is 0.468. The first-order valence-electron chi connectivity index (χ1n) is 4.54. The van der Waals surface area contributed by atoms with Crippen LogP contribution in [-0.2, 0) is 4.79 Å². The van der Waals surface area contributed by atoms with Crippen LogP contribution in [0.15, 0.2) is 12.2 Å². The van der Waals surface area contributed by atoms with Crippen molar-refractivity contribution in [3.63, 3.8) is 0 Å². The Balaban J connectivity index is 2.33. The van der Waals surface area contributed by atoms with E-state index in [2.05, 4.69) is 18.5 Å². The van der Waals surface area contributed by atoms with Crippen LogP contribution in [0.2, 0.25) is 0 Å². The highest BCUT2D eigenvalue weighted by atomic mass is 16.1. The van der Waals surface area contributed by atoms with Crippen molar-refractivity contribution >= 4 is 6.29 Å². The molecule has 0 N–H and O–H groups in total. The molecule has 0 aliphatic carbocycles. The Labute approximate surface area is 74.2 Å². The van der Waals surface area contributed by atoms with Gasteiger partial charge in [-0.1, -0.05) is 12.2 Å². The zero-order valence-corrected chi connectivity index (χ0v) is 7.75. The highest BCUT2D eigenvalue weighted by Crippen LogP contribution is 2.23. The molecule has 0 saturated carbocycles. The molecule has 0 bridgehead atoms. The molecule has 0 amide bonds. The monoisotopic (exact) mass is 167 g/mol. The molecule has 1 saturated heterocycles. The number of carbonyl (C=O) groups excluding carboxylic acids is 1. The first-order chi connectivity index (χ1) is 5.74. The number of carbonyl (C=O) groups is 1. The van der Waals surface area contributed by atoms with Crippen molar-refractivity contribution in [2.45, 2.75) is 19.3 Å². The minimum Gasteiger partial charge on any atom is -0.306 e. The fourth-order valence-electron chi connectivity index (χ4n) is 1.69. The summed E-state index contributed by atoms with van der Waals surface area (Å²) >= 11 is 0. The lowest BCUT2D eigenvalue weighted by molar-refractivity contribution is -0.107. The molecule has 1 fully saturated rings. The molecule has 2 heteroatoms. The van der Waals surface area contributed by atoms with Crippen LogP contribution in [0.1, 0.15) is 19.3 Å². The van der Waals surface area contributed by atoms with Crippen molar-refractivity contribution in [3.05, 3.63) is 12.2 Å². The van der Waals surface area contributed by atoms with E-state index in [0.29, 0.717) is 12.3 Å². The van der Waals surface area contributed by atoms with Crippen molar-refractivity contribution in [1.29, 1.82) is 0 Å². The van der Waals surface area contributed by atoms with E-state index in [9.17, 15) is 4.79 Å². The van der Waals surface area contributed by atoms with Crippen molar-refractivity contribution in [3.8, 4) is 0 Å². The molecule has 1 heterocycles. The molecule has 0 radical (unpaired) electrons. The summed E-state index contributed by atoms with van der Waals surface area (Å²) in [5.41, 5.74) is 1.12. The minimum atomic E-state index is 0.550. The van der Waals surface area contributed by atoms with Gasteiger partial charge in [0.25, 0.3) is 0 Å². The third kappa shape index (κ3) is 2.45. The normalized spacial score (nSPS) is 20.8. The second-order valence-electron chi connectivity index (χ2n) is 3.61. The van der Waals surface area contributed by atoms with Crippen molar-refractivity contribution < 1.29 is 4.79 Å². The first kappa shape index (κ1) is 9.46. The van der Waals surface area contributed by atoms with E-state index in [1.807, 2.05) is 0 Å². The fourth-order valence-corrected chi connectivity index (χ4v) is 1.69. The molecule has 12 heavy (non-hydrogen) atoms. The Hall–Kier alpha value is -0.630. The number of likely N-dealkylation sites (tertiary alicyclic amines) is 1. The Morgan fingerprint density at radius 3 is 2.67 bits per heavy atom. The molecule has 0 atom stereocenters. The number of piperidine rings is 1. The second-order valence-corrected chi connectivity index (χ2v) is 3.61. The van der Waals surface area contributed by atoms with E-state index in [1.54, 1.807) is 0 Å². The molecule has 0 spiro atoms. The number of allylic oxidation sites excluding steroid dienone is 1. The lowest BCUT2D eigenvalue weighted by Crippen LogP contribution is -2.30. The molecule has 2 nitrogen and oxygen atoms in total. The number of rotatable bonds is 3. The van der Waals surface area contributed by atoms with Crippen molar-refractivity contribution in [2.24, 2.45) is 5.92 Å². The molecule has 0 aromatic rings. The average molecular weight is 167 g/mol. The number of hydrogen-bond acceptors (Lipinski definition) is 2. The van der Waals surface area contributed by atoms with Crippen LogP contribution in [0, 0.1) is 5.92 Å². The van der Waals surface area contributed by atoms with Crippen LogP contribution in [0.25, 0.3) is 0 Å². The highest BCUT2D eigenvalue weighted by molar-refractivity contribution is 5.54. The Kier molecular flexibility index (Phi) is 3.48. The first-order valence-corrected chi connectivity index (χ1v) is 4.54. The van der Waals surface area contributed by atoms with E-state index in [1.165, 1.54) is 12.8 Å². The minimum absolute atomic E-state index is 0.550. The summed E-state index contributed by atoms with van der Waals surface area (Å²) in [6.45, 7) is 6.23. The van der Waals surface area contributed by atoms with Gasteiger partial charge >= 0.3 is 0 Å². The summed E-state index contributed by atoms with van der Waals surface area (Å²) in [6, 6.07) is 0. The molecular weight excluding hydrogens is 150 g/mol. The SMILES string of the molecule is C=C(CC=O)C1CCN(C)CC1. The predicted molar refractivity (Wildman–Crippen MR) is 50.0 cm³/mol. The van der Waals surface area contributed by atoms with Gasteiger partial charge in [0.15, 0.2) is 0 Å². The zero-order valence-electron chi connectivity index (χ0n) is 7.75. The molecule has 0 unspecified atom stereocenters. The van der Waals surface area contributed by atoms with Crippen LogP contribution in [0.4, 0.5) is 0 Å². The van der Waals surface area contributed by atoms with E-state index in [0.717, 1.165) is 24.9 Å². The summed E-state index contributed by atoms with van der Waals surface area (Å²) in [7, 11) is 2.14. The Morgan fingerprint density at radius 1 is 1.58 bits per heavy atom. The smallest absolute Gasteiger partial charge is 0.124 e. The average Bonchev–Trinajstić information content (AvgIpc) is 2.06. The molecular formula is C10H17NO. The van der Waals surface area contributed by atoms with Gasteiger partial charge in [0.2, 0.25) is 0 Å². The topological polar surface area (TPSA) is 20.3 Å². The van der Waals surface area contributed by atoms with E-state index in [-0.39, 0.29) is 0 Å². The zero-order chi connectivity index (χ0) is 8.97. The summed E-state index contributed by atoms with van der Waals surface area (Å²) in [5.74, 6) is 0.589. The summed E-state index contributed by atoms with van der Waals surface area (Å²) in [5, 5.41) is 0. The van der Waals surface area contributed by atoms with Gasteiger partial charge in [-0.3, -0.25) is 0 Å². The van der Waals surface area contributed by atoms with Gasteiger partial charge in [0.1, 0.15) is 6.29 Å². The second kappa shape index (κ2) is 4.41. The van der Waals surface area contributed by atoms with Crippen LogP contribution in [0.3, 0.4) is 0 Å². The van der Waals surface area contributed by atoms with Crippen LogP contribution < -0.4 is 0 Å². The van der Waals surface area contributed by atoms with Crippen LogP contribution >= 0.6 is 0 Å². The van der Waals surface area contributed by atoms with Crippen molar-refractivity contribution in [2.75, 3.05) is 20.1 Å². The van der Waals surface area contributed by atoms with Crippen LogP contribution in [-0.4, -0.2) is 31.3 Å². The third-order valence-electron chi connectivity index (χ3n) is 2.64. The van der Waals surface area contributed by atoms with E-state index >= 15 is 0 Å². The highest BCUT2D eigenvalue weighted by Gasteiger charge is 2.18. The van der Waals surface area contributed by atoms with Gasteiger partial charge < -0.3 is 9.69 Å². The number of aldehydes is 1.